The first kappa shape index (κ1) is 17.5. The van der Waals surface area contributed by atoms with E-state index in [1.54, 1.807) is 0 Å². The van der Waals surface area contributed by atoms with Gasteiger partial charge in [0.1, 0.15) is 12.4 Å². The highest BCUT2D eigenvalue weighted by Crippen LogP contribution is 2.45. The van der Waals surface area contributed by atoms with Crippen molar-refractivity contribution < 1.29 is 14.3 Å². The molecule has 3 aliphatic rings. The lowest BCUT2D eigenvalue weighted by Crippen LogP contribution is -2.49. The Kier molecular flexibility index (Phi) is 4.22. The molecule has 144 valence electrons. The van der Waals surface area contributed by atoms with Crippen molar-refractivity contribution in [3.63, 3.8) is 0 Å². The van der Waals surface area contributed by atoms with Crippen molar-refractivity contribution in [2.24, 2.45) is 0 Å². The second-order valence-electron chi connectivity index (χ2n) is 8.32. The van der Waals surface area contributed by atoms with Crippen LogP contribution in [-0.2, 0) is 9.53 Å². The number of amides is 1. The summed E-state index contributed by atoms with van der Waals surface area (Å²) in [6.45, 7) is 1.10. The molecular weight excluding hydrogens is 350 g/mol. The summed E-state index contributed by atoms with van der Waals surface area (Å²) in [4.78, 5) is 26.6. The Morgan fingerprint density at radius 2 is 1.57 bits per heavy atom. The maximum Gasteiger partial charge on any atom is 0.410 e. The Labute approximate surface area is 165 Å². The van der Waals surface area contributed by atoms with Crippen LogP contribution in [0, 0.1) is 0 Å². The average molecular weight is 375 g/mol. The molecule has 0 bridgehead atoms. The van der Waals surface area contributed by atoms with Crippen LogP contribution in [0.4, 0.5) is 4.79 Å². The molecule has 28 heavy (non-hydrogen) atoms. The van der Waals surface area contributed by atoms with Crippen molar-refractivity contribution in [3.8, 4) is 11.1 Å². The predicted octanol–water partition coefficient (Wildman–Crippen LogP) is 4.91. The van der Waals surface area contributed by atoms with Gasteiger partial charge in [0.15, 0.2) is 0 Å². The van der Waals surface area contributed by atoms with E-state index in [0.717, 1.165) is 32.2 Å². The van der Waals surface area contributed by atoms with Crippen LogP contribution in [0.2, 0.25) is 0 Å². The van der Waals surface area contributed by atoms with Crippen molar-refractivity contribution in [1.29, 1.82) is 0 Å². The summed E-state index contributed by atoms with van der Waals surface area (Å²) in [5.74, 6) is 0.410. The van der Waals surface area contributed by atoms with Crippen molar-refractivity contribution in [3.05, 3.63) is 59.7 Å². The van der Waals surface area contributed by atoms with Crippen LogP contribution in [0.1, 0.15) is 55.6 Å². The number of rotatable bonds is 2. The minimum atomic E-state index is -0.214. The second kappa shape index (κ2) is 6.77. The fourth-order valence-electron chi connectivity index (χ4n) is 5.41. The number of nitrogens with zero attached hydrogens (tertiary/aromatic N) is 1. The summed E-state index contributed by atoms with van der Waals surface area (Å²) in [5.41, 5.74) is 4.79. The minimum absolute atomic E-state index is 0.0860. The van der Waals surface area contributed by atoms with E-state index in [1.807, 2.05) is 17.0 Å². The molecule has 2 aromatic carbocycles. The first-order chi connectivity index (χ1) is 13.7. The van der Waals surface area contributed by atoms with Crippen LogP contribution < -0.4 is 0 Å². The maximum absolute atomic E-state index is 13.0. The maximum atomic E-state index is 13.0. The highest BCUT2D eigenvalue weighted by Gasteiger charge is 2.46. The average Bonchev–Trinajstić information content (AvgIpc) is 3.28. The van der Waals surface area contributed by atoms with Crippen LogP contribution in [0.25, 0.3) is 11.1 Å². The van der Waals surface area contributed by atoms with Gasteiger partial charge in [0.25, 0.3) is 0 Å². The standard InChI is InChI=1S/C24H25NO3/c26-17-10-13-24(14-11-17)12-5-15-25(24)23(27)28-16-22-20-8-3-1-6-18(20)19-7-2-4-9-21(19)22/h1-4,6-9,22H,5,10-16H2. The number of Topliss-reactive ketones (excluding diaryl/α,β-unsaturated/α-hetero) is 1. The molecule has 1 spiro atoms. The van der Waals surface area contributed by atoms with Crippen LogP contribution in [0.5, 0.6) is 0 Å². The number of fused-ring (bicyclic) bond motifs is 3. The molecule has 1 aliphatic heterocycles. The van der Waals surface area contributed by atoms with Crippen molar-refractivity contribution in [2.75, 3.05) is 13.2 Å². The molecule has 0 N–H and O–H groups in total. The van der Waals surface area contributed by atoms with Crippen LogP contribution in [0.15, 0.2) is 48.5 Å². The Bertz CT molecular complexity index is 879. The summed E-state index contributed by atoms with van der Waals surface area (Å²) in [6.07, 6.45) is 4.53. The molecule has 4 nitrogen and oxygen atoms in total. The number of ether oxygens (including phenoxy) is 1. The Hall–Kier alpha value is -2.62. The van der Waals surface area contributed by atoms with E-state index in [1.165, 1.54) is 22.3 Å². The van der Waals surface area contributed by atoms with E-state index in [0.29, 0.717) is 25.2 Å². The Morgan fingerprint density at radius 1 is 0.964 bits per heavy atom. The Morgan fingerprint density at radius 3 is 2.21 bits per heavy atom. The molecule has 4 heteroatoms. The normalized spacial score (nSPS) is 20.3. The fourth-order valence-corrected chi connectivity index (χ4v) is 5.41. The zero-order valence-corrected chi connectivity index (χ0v) is 16.0. The van der Waals surface area contributed by atoms with Gasteiger partial charge in [0.2, 0.25) is 0 Å². The summed E-state index contributed by atoms with van der Waals surface area (Å²) >= 11 is 0. The van der Waals surface area contributed by atoms with Gasteiger partial charge in [0, 0.05) is 30.8 Å². The molecule has 2 fully saturated rings. The Balaban J connectivity index is 1.34. The van der Waals surface area contributed by atoms with Gasteiger partial charge in [-0.05, 0) is 47.9 Å². The predicted molar refractivity (Wildman–Crippen MR) is 107 cm³/mol. The van der Waals surface area contributed by atoms with Gasteiger partial charge in [-0.25, -0.2) is 4.79 Å². The molecular formula is C24H25NO3. The van der Waals surface area contributed by atoms with E-state index in [9.17, 15) is 9.59 Å². The summed E-state index contributed by atoms with van der Waals surface area (Å²) in [5, 5.41) is 0. The number of hydrogen-bond donors (Lipinski definition) is 0. The number of likely N-dealkylation sites (tertiary alicyclic amines) is 1. The number of hydrogen-bond acceptors (Lipinski definition) is 3. The van der Waals surface area contributed by atoms with E-state index < -0.39 is 0 Å². The van der Waals surface area contributed by atoms with Crippen LogP contribution in [-0.4, -0.2) is 35.5 Å². The number of carbonyl (C=O) groups excluding carboxylic acids is 2. The third-order valence-electron chi connectivity index (χ3n) is 6.89. The zero-order chi connectivity index (χ0) is 19.1. The highest BCUT2D eigenvalue weighted by atomic mass is 16.6. The first-order valence-electron chi connectivity index (χ1n) is 10.3. The minimum Gasteiger partial charge on any atom is -0.448 e. The molecule has 1 saturated carbocycles. The van der Waals surface area contributed by atoms with E-state index in [4.69, 9.17) is 4.74 Å². The van der Waals surface area contributed by atoms with E-state index in [2.05, 4.69) is 36.4 Å². The lowest BCUT2D eigenvalue weighted by molar-refractivity contribution is -0.122. The van der Waals surface area contributed by atoms with Crippen molar-refractivity contribution in [1.82, 2.24) is 4.90 Å². The number of benzene rings is 2. The summed E-state index contributed by atoms with van der Waals surface area (Å²) in [6, 6.07) is 16.8. The third kappa shape index (κ3) is 2.74. The lowest BCUT2D eigenvalue weighted by Gasteiger charge is -2.40. The smallest absolute Gasteiger partial charge is 0.410 e. The zero-order valence-electron chi connectivity index (χ0n) is 16.0. The number of ketones is 1. The molecule has 0 atom stereocenters. The molecule has 0 unspecified atom stereocenters. The van der Waals surface area contributed by atoms with Gasteiger partial charge in [-0.15, -0.1) is 0 Å². The molecule has 2 aliphatic carbocycles. The van der Waals surface area contributed by atoms with E-state index >= 15 is 0 Å². The molecule has 0 radical (unpaired) electrons. The van der Waals surface area contributed by atoms with Crippen molar-refractivity contribution in [2.45, 2.75) is 50.0 Å². The van der Waals surface area contributed by atoms with Gasteiger partial charge in [-0.2, -0.15) is 0 Å². The van der Waals surface area contributed by atoms with Gasteiger partial charge >= 0.3 is 6.09 Å². The van der Waals surface area contributed by atoms with Gasteiger partial charge in [-0.1, -0.05) is 48.5 Å². The van der Waals surface area contributed by atoms with Crippen LogP contribution >= 0.6 is 0 Å². The highest BCUT2D eigenvalue weighted by molar-refractivity contribution is 5.81. The lowest BCUT2D eigenvalue weighted by atomic mass is 9.79. The van der Waals surface area contributed by atoms with Gasteiger partial charge in [0.05, 0.1) is 0 Å². The topological polar surface area (TPSA) is 46.6 Å². The number of carbonyl (C=O) groups is 2. The van der Waals surface area contributed by atoms with Gasteiger partial charge in [-0.3, -0.25) is 4.79 Å². The molecule has 2 aromatic rings. The largest absolute Gasteiger partial charge is 0.448 e. The summed E-state index contributed by atoms with van der Waals surface area (Å²) < 4.78 is 5.88. The SMILES string of the molecule is O=C1CCC2(CCCN2C(=O)OCC2c3ccccc3-c3ccccc32)CC1. The summed E-state index contributed by atoms with van der Waals surface area (Å²) in [7, 11) is 0. The quantitative estimate of drug-likeness (QED) is 0.749. The fraction of sp³-hybridized carbons (Fsp3) is 0.417. The second-order valence-corrected chi connectivity index (χ2v) is 8.32. The molecule has 5 rings (SSSR count). The molecule has 1 saturated heterocycles. The molecule has 1 amide bonds. The third-order valence-corrected chi connectivity index (χ3v) is 6.89. The monoisotopic (exact) mass is 375 g/mol. The van der Waals surface area contributed by atoms with Gasteiger partial charge < -0.3 is 9.64 Å². The molecule has 1 heterocycles. The van der Waals surface area contributed by atoms with Crippen molar-refractivity contribution >= 4 is 11.9 Å². The molecule has 0 aromatic heterocycles. The van der Waals surface area contributed by atoms with E-state index in [-0.39, 0.29) is 17.6 Å². The van der Waals surface area contributed by atoms with Crippen LogP contribution in [0.3, 0.4) is 0 Å². The first-order valence-corrected chi connectivity index (χ1v) is 10.3.